The number of carbonyl (C=O) groups excluding carboxylic acids is 1. The van der Waals surface area contributed by atoms with E-state index in [2.05, 4.69) is 37.9 Å². The maximum absolute atomic E-state index is 12.9. The van der Waals surface area contributed by atoms with Gasteiger partial charge in [-0.3, -0.25) is 9.69 Å². The summed E-state index contributed by atoms with van der Waals surface area (Å²) in [5.74, 6) is 1.97. The third-order valence-corrected chi connectivity index (χ3v) is 5.57. The minimum Gasteiger partial charge on any atom is -0.492 e. The summed E-state index contributed by atoms with van der Waals surface area (Å²) in [6.45, 7) is 15.1. The van der Waals surface area contributed by atoms with E-state index in [0.29, 0.717) is 25.6 Å². The van der Waals surface area contributed by atoms with Gasteiger partial charge in [-0.2, -0.15) is 0 Å². The lowest BCUT2D eigenvalue weighted by molar-refractivity contribution is -0.141. The number of nitrogens with one attached hydrogen (secondary N) is 1. The minimum atomic E-state index is -0.814. The van der Waals surface area contributed by atoms with Crippen LogP contribution in [0.5, 0.6) is 5.75 Å². The lowest BCUT2D eigenvalue weighted by Crippen LogP contribution is -2.44. The third-order valence-electron chi connectivity index (χ3n) is 5.57. The van der Waals surface area contributed by atoms with Gasteiger partial charge in [0.05, 0.1) is 0 Å². The molecule has 0 saturated carbocycles. The topological polar surface area (TPSA) is 50.8 Å². The van der Waals surface area contributed by atoms with Crippen LogP contribution in [0.15, 0.2) is 24.3 Å². The molecule has 1 atom stereocenters. The number of amides is 1. The maximum atomic E-state index is 12.9. The molecule has 5 nitrogen and oxygen atoms in total. The van der Waals surface area contributed by atoms with Gasteiger partial charge in [0, 0.05) is 18.8 Å². The first-order valence-corrected chi connectivity index (χ1v) is 11.2. The molecule has 0 aliphatic carbocycles. The first kappa shape index (κ1) is 23.7. The third kappa shape index (κ3) is 7.98. The largest absolute Gasteiger partial charge is 0.492 e. The number of nitrogens with zero attached hydrogens (tertiary/aromatic N) is 1. The number of benzene rings is 1. The van der Waals surface area contributed by atoms with Crippen molar-refractivity contribution in [2.45, 2.75) is 65.9 Å². The molecule has 1 aliphatic heterocycles. The highest BCUT2D eigenvalue weighted by molar-refractivity contribution is 5.97. The number of piperidine rings is 1. The van der Waals surface area contributed by atoms with Gasteiger partial charge in [0.15, 0.2) is 0 Å². The average Bonchev–Trinajstić information content (AvgIpc) is 2.68. The molecule has 0 aromatic heterocycles. The van der Waals surface area contributed by atoms with Gasteiger partial charge in [-0.1, -0.05) is 27.7 Å². The smallest absolute Gasteiger partial charge is 0.256 e. The summed E-state index contributed by atoms with van der Waals surface area (Å²) in [6, 6.07) is 7.62. The Balaban J connectivity index is 1.82. The molecule has 29 heavy (non-hydrogen) atoms. The molecule has 164 valence electrons. The highest BCUT2D eigenvalue weighted by Gasteiger charge is 2.34. The lowest BCUT2D eigenvalue weighted by Gasteiger charge is -2.30. The standard InChI is InChI=1S/C24H40N2O3/c1-6-16-29-24(5,18-19(2)3)23(27)25-21-7-9-22(10-8-21)28-17-15-26-13-11-20(4)12-14-26/h7-10,19-20H,6,11-18H2,1-5H3,(H,25,27)/t24-/m1/s1. The number of hydrogen-bond acceptors (Lipinski definition) is 4. The van der Waals surface area contributed by atoms with Crippen LogP contribution in [0.3, 0.4) is 0 Å². The molecule has 5 heteroatoms. The van der Waals surface area contributed by atoms with Gasteiger partial charge < -0.3 is 14.8 Å². The number of anilines is 1. The molecule has 1 aromatic carbocycles. The van der Waals surface area contributed by atoms with Gasteiger partial charge in [0.25, 0.3) is 5.91 Å². The summed E-state index contributed by atoms with van der Waals surface area (Å²) < 4.78 is 11.8. The van der Waals surface area contributed by atoms with Crippen molar-refractivity contribution in [1.82, 2.24) is 4.90 Å². The van der Waals surface area contributed by atoms with E-state index in [1.807, 2.05) is 31.2 Å². The Morgan fingerprint density at radius 3 is 2.45 bits per heavy atom. The van der Waals surface area contributed by atoms with Crippen LogP contribution >= 0.6 is 0 Å². The molecule has 1 heterocycles. The van der Waals surface area contributed by atoms with E-state index in [4.69, 9.17) is 9.47 Å². The minimum absolute atomic E-state index is 0.0901. The highest BCUT2D eigenvalue weighted by atomic mass is 16.5. The van der Waals surface area contributed by atoms with Crippen LogP contribution in [0.1, 0.15) is 60.3 Å². The fourth-order valence-electron chi connectivity index (χ4n) is 3.80. The maximum Gasteiger partial charge on any atom is 0.256 e. The molecule has 0 bridgehead atoms. The van der Waals surface area contributed by atoms with Crippen molar-refractivity contribution in [2.75, 3.05) is 38.2 Å². The number of hydrogen-bond donors (Lipinski definition) is 1. The quantitative estimate of drug-likeness (QED) is 0.566. The predicted octanol–water partition coefficient (Wildman–Crippen LogP) is 4.97. The molecule has 0 radical (unpaired) electrons. The van der Waals surface area contributed by atoms with Crippen LogP contribution in [0.4, 0.5) is 5.69 Å². The fourth-order valence-corrected chi connectivity index (χ4v) is 3.80. The summed E-state index contributed by atoms with van der Waals surface area (Å²) in [4.78, 5) is 15.3. The normalized spacial score (nSPS) is 17.9. The van der Waals surface area contributed by atoms with Gasteiger partial charge in [-0.25, -0.2) is 0 Å². The zero-order chi connectivity index (χ0) is 21.3. The molecule has 0 unspecified atom stereocenters. The number of rotatable bonds is 11. The SMILES string of the molecule is CCCO[C@](C)(CC(C)C)C(=O)Nc1ccc(OCCN2CCC(C)CC2)cc1. The molecule has 1 N–H and O–H groups in total. The monoisotopic (exact) mass is 404 g/mol. The van der Waals surface area contributed by atoms with Crippen LogP contribution in [-0.4, -0.2) is 49.3 Å². The van der Waals surface area contributed by atoms with E-state index in [1.54, 1.807) is 0 Å². The predicted molar refractivity (Wildman–Crippen MR) is 120 cm³/mol. The molecule has 2 rings (SSSR count). The average molecular weight is 405 g/mol. The Morgan fingerprint density at radius 1 is 1.21 bits per heavy atom. The van der Waals surface area contributed by atoms with Crippen molar-refractivity contribution in [2.24, 2.45) is 11.8 Å². The molecule has 1 fully saturated rings. The summed E-state index contributed by atoms with van der Waals surface area (Å²) >= 11 is 0. The molecular weight excluding hydrogens is 364 g/mol. The van der Waals surface area contributed by atoms with E-state index >= 15 is 0 Å². The first-order valence-electron chi connectivity index (χ1n) is 11.2. The Hall–Kier alpha value is -1.59. The molecular formula is C24H40N2O3. The van der Waals surface area contributed by atoms with Crippen molar-refractivity contribution >= 4 is 11.6 Å². The summed E-state index contributed by atoms with van der Waals surface area (Å²) in [6.07, 6.45) is 4.15. The Morgan fingerprint density at radius 2 is 1.86 bits per heavy atom. The van der Waals surface area contributed by atoms with E-state index in [1.165, 1.54) is 25.9 Å². The summed E-state index contributed by atoms with van der Waals surface area (Å²) in [7, 11) is 0. The molecule has 0 spiro atoms. The van der Waals surface area contributed by atoms with Gasteiger partial charge in [0.2, 0.25) is 0 Å². The Kier molecular flexibility index (Phi) is 9.44. The van der Waals surface area contributed by atoms with Crippen molar-refractivity contribution in [1.29, 1.82) is 0 Å². The lowest BCUT2D eigenvalue weighted by atomic mass is 9.93. The van der Waals surface area contributed by atoms with Crippen LogP contribution in [0.25, 0.3) is 0 Å². The van der Waals surface area contributed by atoms with Crippen LogP contribution in [0, 0.1) is 11.8 Å². The van der Waals surface area contributed by atoms with Gasteiger partial charge in [-0.15, -0.1) is 0 Å². The van der Waals surface area contributed by atoms with Crippen LogP contribution in [0.2, 0.25) is 0 Å². The van der Waals surface area contributed by atoms with Crippen molar-refractivity contribution < 1.29 is 14.3 Å². The van der Waals surface area contributed by atoms with Crippen molar-refractivity contribution in [3.05, 3.63) is 24.3 Å². The molecule has 1 aromatic rings. The zero-order valence-electron chi connectivity index (χ0n) is 19.0. The fraction of sp³-hybridized carbons (Fsp3) is 0.708. The van der Waals surface area contributed by atoms with E-state index in [-0.39, 0.29) is 5.91 Å². The number of carbonyl (C=O) groups is 1. The molecule has 1 saturated heterocycles. The van der Waals surface area contributed by atoms with Crippen molar-refractivity contribution in [3.8, 4) is 5.75 Å². The Bertz CT molecular complexity index is 609. The second-order valence-corrected chi connectivity index (χ2v) is 9.03. The molecule has 1 aliphatic rings. The Labute approximate surface area is 177 Å². The second kappa shape index (κ2) is 11.6. The van der Waals surface area contributed by atoms with Gasteiger partial charge in [-0.05, 0) is 81.8 Å². The zero-order valence-corrected chi connectivity index (χ0v) is 19.0. The number of likely N-dealkylation sites (tertiary alicyclic amines) is 1. The van der Waals surface area contributed by atoms with Gasteiger partial charge in [0.1, 0.15) is 18.0 Å². The van der Waals surface area contributed by atoms with Crippen molar-refractivity contribution in [3.63, 3.8) is 0 Å². The number of ether oxygens (including phenoxy) is 2. The van der Waals surface area contributed by atoms with E-state index < -0.39 is 5.60 Å². The van der Waals surface area contributed by atoms with Crippen LogP contribution < -0.4 is 10.1 Å². The summed E-state index contributed by atoms with van der Waals surface area (Å²) in [5.41, 5.74) is -0.0480. The summed E-state index contributed by atoms with van der Waals surface area (Å²) in [5, 5.41) is 3.01. The van der Waals surface area contributed by atoms with Gasteiger partial charge >= 0.3 is 0 Å². The first-order chi connectivity index (χ1) is 13.8. The van der Waals surface area contributed by atoms with Crippen LogP contribution in [-0.2, 0) is 9.53 Å². The molecule has 1 amide bonds. The highest BCUT2D eigenvalue weighted by Crippen LogP contribution is 2.24. The second-order valence-electron chi connectivity index (χ2n) is 9.03. The van der Waals surface area contributed by atoms with E-state index in [0.717, 1.165) is 30.3 Å². The van der Waals surface area contributed by atoms with E-state index in [9.17, 15) is 4.79 Å².